The van der Waals surface area contributed by atoms with E-state index in [0.29, 0.717) is 13.0 Å². The lowest BCUT2D eigenvalue weighted by molar-refractivity contribution is -0.140. The molecule has 0 spiro atoms. The van der Waals surface area contributed by atoms with Crippen molar-refractivity contribution in [3.63, 3.8) is 0 Å². The summed E-state index contributed by atoms with van der Waals surface area (Å²) in [5.74, 6) is -0.693. The van der Waals surface area contributed by atoms with E-state index in [2.05, 4.69) is 9.84 Å². The summed E-state index contributed by atoms with van der Waals surface area (Å²) < 4.78 is 32.0. The third kappa shape index (κ3) is 3.48. The largest absolute Gasteiger partial charge is 0.468 e. The molecule has 1 rings (SSSR count). The molecule has 0 saturated carbocycles. The molecule has 0 aromatic carbocycles. The van der Waals surface area contributed by atoms with Crippen molar-refractivity contribution in [2.45, 2.75) is 31.7 Å². The van der Waals surface area contributed by atoms with Gasteiger partial charge in [0, 0.05) is 19.3 Å². The van der Waals surface area contributed by atoms with Gasteiger partial charge in [-0.2, -0.15) is 9.40 Å². The Balaban J connectivity index is 3.14. The van der Waals surface area contributed by atoms with Crippen molar-refractivity contribution in [3.8, 4) is 0 Å². The fraction of sp³-hybridized carbons (Fsp3) is 0.636. The van der Waals surface area contributed by atoms with Crippen molar-refractivity contribution in [2.75, 3.05) is 25.9 Å². The van der Waals surface area contributed by atoms with E-state index in [1.807, 2.05) is 13.8 Å². The lowest BCUT2D eigenvalue weighted by Crippen LogP contribution is -2.37. The summed E-state index contributed by atoms with van der Waals surface area (Å²) in [7, 11) is -2.65. The minimum atomic E-state index is -3.86. The maximum absolute atomic E-state index is 12.5. The Hall–Kier alpha value is -1.61. The lowest BCUT2D eigenvalue weighted by Gasteiger charge is -2.19. The van der Waals surface area contributed by atoms with Gasteiger partial charge < -0.3 is 10.5 Å². The molecular formula is C11H20N4O4S. The molecule has 1 heterocycles. The molecule has 2 N–H and O–H groups in total. The first-order valence-electron chi connectivity index (χ1n) is 6.26. The molecule has 0 aliphatic carbocycles. The number of ether oxygens (including phenoxy) is 1. The number of hydrogen-bond acceptors (Lipinski definition) is 6. The number of sulfonamides is 1. The minimum Gasteiger partial charge on any atom is -0.468 e. The fourth-order valence-electron chi connectivity index (χ4n) is 1.66. The molecule has 0 aliphatic heterocycles. The number of carbonyl (C=O) groups is 1. The summed E-state index contributed by atoms with van der Waals surface area (Å²) in [4.78, 5) is 11.3. The van der Waals surface area contributed by atoms with E-state index in [9.17, 15) is 13.2 Å². The van der Waals surface area contributed by atoms with E-state index < -0.39 is 16.0 Å². The predicted octanol–water partition coefficient (Wildman–Crippen LogP) is 0.0589. The number of nitrogen functional groups attached to an aromatic ring is 1. The summed E-state index contributed by atoms with van der Waals surface area (Å²) >= 11 is 0. The molecule has 114 valence electrons. The molecule has 0 atom stereocenters. The number of carbonyl (C=O) groups excluding carboxylic acids is 1. The smallest absolute Gasteiger partial charge is 0.321 e. The van der Waals surface area contributed by atoms with Crippen LogP contribution in [0, 0.1) is 0 Å². The Labute approximate surface area is 118 Å². The standard InChI is InChI=1S/C11H20N4O4S/c1-4-6-15(8-10(16)19-3)20(17,18)9-7-14(5-2)13-11(9)12/h7H,4-6,8H2,1-3H3,(H2,12,13). The number of rotatable bonds is 7. The van der Waals surface area contributed by atoms with Crippen LogP contribution in [0.5, 0.6) is 0 Å². The van der Waals surface area contributed by atoms with E-state index in [-0.39, 0.29) is 23.8 Å². The first-order valence-corrected chi connectivity index (χ1v) is 7.70. The van der Waals surface area contributed by atoms with Crippen LogP contribution in [0.1, 0.15) is 20.3 Å². The molecule has 1 aromatic heterocycles. The van der Waals surface area contributed by atoms with Gasteiger partial charge in [-0.05, 0) is 13.3 Å². The molecular weight excluding hydrogens is 284 g/mol. The summed E-state index contributed by atoms with van der Waals surface area (Å²) in [6.07, 6.45) is 1.93. The van der Waals surface area contributed by atoms with Gasteiger partial charge in [0.1, 0.15) is 11.4 Å². The van der Waals surface area contributed by atoms with Gasteiger partial charge in [0.2, 0.25) is 10.0 Å². The molecule has 20 heavy (non-hydrogen) atoms. The molecule has 0 amide bonds. The van der Waals surface area contributed by atoms with Crippen molar-refractivity contribution in [1.82, 2.24) is 14.1 Å². The second-order valence-corrected chi connectivity index (χ2v) is 6.06. The highest BCUT2D eigenvalue weighted by molar-refractivity contribution is 7.89. The Morgan fingerprint density at radius 1 is 1.50 bits per heavy atom. The Morgan fingerprint density at radius 2 is 2.15 bits per heavy atom. The number of aryl methyl sites for hydroxylation is 1. The molecule has 9 heteroatoms. The second-order valence-electron chi connectivity index (χ2n) is 4.15. The topological polar surface area (TPSA) is 108 Å². The number of methoxy groups -OCH3 is 1. The zero-order chi connectivity index (χ0) is 15.3. The maximum Gasteiger partial charge on any atom is 0.321 e. The number of hydrogen-bond donors (Lipinski definition) is 1. The van der Waals surface area contributed by atoms with Crippen molar-refractivity contribution in [2.24, 2.45) is 0 Å². The summed E-state index contributed by atoms with van der Waals surface area (Å²) in [6.45, 7) is 4.00. The average Bonchev–Trinajstić information content (AvgIpc) is 2.80. The van der Waals surface area contributed by atoms with Gasteiger partial charge in [0.25, 0.3) is 0 Å². The highest BCUT2D eigenvalue weighted by Gasteiger charge is 2.30. The quantitative estimate of drug-likeness (QED) is 0.714. The SMILES string of the molecule is CCCN(CC(=O)OC)S(=O)(=O)c1cn(CC)nc1N. The van der Waals surface area contributed by atoms with Crippen molar-refractivity contribution in [1.29, 1.82) is 0 Å². The molecule has 0 unspecified atom stereocenters. The van der Waals surface area contributed by atoms with Crippen LogP contribution in [0.2, 0.25) is 0 Å². The molecule has 8 nitrogen and oxygen atoms in total. The predicted molar refractivity (Wildman–Crippen MR) is 73.4 cm³/mol. The number of nitrogens with two attached hydrogens (primary N) is 1. The van der Waals surface area contributed by atoms with Gasteiger partial charge in [0.15, 0.2) is 5.82 Å². The van der Waals surface area contributed by atoms with Crippen LogP contribution in [-0.2, 0) is 26.1 Å². The first-order chi connectivity index (χ1) is 9.36. The Bertz CT molecular complexity index is 567. The zero-order valence-electron chi connectivity index (χ0n) is 11.9. The number of aromatic nitrogens is 2. The Kier molecular flexibility index (Phi) is 5.52. The third-order valence-corrected chi connectivity index (χ3v) is 4.56. The highest BCUT2D eigenvalue weighted by Crippen LogP contribution is 2.21. The average molecular weight is 304 g/mol. The number of esters is 1. The summed E-state index contributed by atoms with van der Waals surface area (Å²) in [5.41, 5.74) is 5.65. The van der Waals surface area contributed by atoms with Crippen LogP contribution in [0.25, 0.3) is 0 Å². The lowest BCUT2D eigenvalue weighted by atomic mass is 10.5. The highest BCUT2D eigenvalue weighted by atomic mass is 32.2. The zero-order valence-corrected chi connectivity index (χ0v) is 12.7. The van der Waals surface area contributed by atoms with Crippen LogP contribution in [-0.4, -0.2) is 48.7 Å². The minimum absolute atomic E-state index is 0.0715. The molecule has 0 aliphatic rings. The van der Waals surface area contributed by atoms with Crippen LogP contribution in [0.3, 0.4) is 0 Å². The molecule has 1 aromatic rings. The van der Waals surface area contributed by atoms with Gasteiger partial charge >= 0.3 is 5.97 Å². The van der Waals surface area contributed by atoms with Crippen molar-refractivity contribution < 1.29 is 17.9 Å². The van der Waals surface area contributed by atoms with Crippen LogP contribution >= 0.6 is 0 Å². The van der Waals surface area contributed by atoms with Crippen LogP contribution < -0.4 is 5.73 Å². The van der Waals surface area contributed by atoms with Crippen molar-refractivity contribution >= 4 is 21.8 Å². The summed E-state index contributed by atoms with van der Waals surface area (Å²) in [5, 5.41) is 3.91. The van der Waals surface area contributed by atoms with E-state index >= 15 is 0 Å². The van der Waals surface area contributed by atoms with Crippen LogP contribution in [0.15, 0.2) is 11.1 Å². The van der Waals surface area contributed by atoms with Gasteiger partial charge in [-0.15, -0.1) is 0 Å². The van der Waals surface area contributed by atoms with E-state index in [1.165, 1.54) is 18.0 Å². The first kappa shape index (κ1) is 16.4. The van der Waals surface area contributed by atoms with Gasteiger partial charge in [0.05, 0.1) is 7.11 Å². The third-order valence-electron chi connectivity index (χ3n) is 2.70. The molecule has 0 radical (unpaired) electrons. The van der Waals surface area contributed by atoms with E-state index in [1.54, 1.807) is 0 Å². The fourth-order valence-corrected chi connectivity index (χ4v) is 3.20. The van der Waals surface area contributed by atoms with Gasteiger partial charge in [-0.25, -0.2) is 8.42 Å². The summed E-state index contributed by atoms with van der Waals surface area (Å²) in [6, 6.07) is 0. The Morgan fingerprint density at radius 3 is 2.60 bits per heavy atom. The molecule has 0 fully saturated rings. The molecule has 0 bridgehead atoms. The van der Waals surface area contributed by atoms with Gasteiger partial charge in [-0.3, -0.25) is 9.48 Å². The normalized spacial score (nSPS) is 11.8. The van der Waals surface area contributed by atoms with Crippen molar-refractivity contribution in [3.05, 3.63) is 6.20 Å². The van der Waals surface area contributed by atoms with Gasteiger partial charge in [-0.1, -0.05) is 6.92 Å². The van der Waals surface area contributed by atoms with Crippen LogP contribution in [0.4, 0.5) is 5.82 Å². The maximum atomic E-state index is 12.5. The molecule has 0 saturated heterocycles. The number of anilines is 1. The monoisotopic (exact) mass is 304 g/mol. The number of nitrogens with zero attached hydrogens (tertiary/aromatic N) is 3. The second kappa shape index (κ2) is 6.71. The van der Waals surface area contributed by atoms with E-state index in [4.69, 9.17) is 5.73 Å². The van der Waals surface area contributed by atoms with E-state index in [0.717, 1.165) is 4.31 Å².